The second-order valence-electron chi connectivity index (χ2n) is 7.74. The summed E-state index contributed by atoms with van der Waals surface area (Å²) in [5, 5.41) is 11.8. The van der Waals surface area contributed by atoms with E-state index < -0.39 is 10.0 Å². The number of thioether (sulfide) groups is 1. The van der Waals surface area contributed by atoms with Crippen molar-refractivity contribution in [2.75, 3.05) is 6.26 Å². The minimum absolute atomic E-state index is 0.0751. The number of amidine groups is 1. The number of sulfonamides is 1. The Labute approximate surface area is 178 Å². The normalized spacial score (nSPS) is 19.8. The van der Waals surface area contributed by atoms with Crippen LogP contribution in [-0.2, 0) is 10.0 Å². The summed E-state index contributed by atoms with van der Waals surface area (Å²) in [6, 6.07) is 7.05. The van der Waals surface area contributed by atoms with Crippen LogP contribution in [-0.4, -0.2) is 36.2 Å². The van der Waals surface area contributed by atoms with Crippen LogP contribution in [0.15, 0.2) is 34.2 Å². The highest BCUT2D eigenvalue weighted by atomic mass is 32.2. The van der Waals surface area contributed by atoms with Crippen molar-refractivity contribution in [2.45, 2.75) is 81.2 Å². The molecule has 3 rings (SSSR count). The van der Waals surface area contributed by atoms with Gasteiger partial charge in [-0.1, -0.05) is 62.4 Å². The highest BCUT2D eigenvalue weighted by Crippen LogP contribution is 2.37. The molecule has 0 aliphatic heterocycles. The molecule has 158 valence electrons. The maximum absolute atomic E-state index is 13.9. The van der Waals surface area contributed by atoms with Crippen molar-refractivity contribution in [2.24, 2.45) is 4.99 Å². The van der Waals surface area contributed by atoms with E-state index in [1.807, 2.05) is 10.5 Å². The monoisotopic (exact) mass is 434 g/mol. The fourth-order valence-electron chi connectivity index (χ4n) is 4.52. The van der Waals surface area contributed by atoms with E-state index in [1.54, 1.807) is 30.5 Å². The molecule has 8 heteroatoms. The van der Waals surface area contributed by atoms with Crippen LogP contribution in [0.5, 0.6) is 0 Å². The SMILES string of the molecule is CSC(=Nc1ccccc1S(=O)(=O)N(C1CCCCC1)C1CCCCC1)NC#N. The number of para-hydroxylation sites is 1. The zero-order chi connectivity index (χ0) is 20.7. The number of hydrogen-bond acceptors (Lipinski definition) is 5. The van der Waals surface area contributed by atoms with Gasteiger partial charge in [0, 0.05) is 12.1 Å². The molecule has 1 N–H and O–H groups in total. The lowest BCUT2D eigenvalue weighted by Gasteiger charge is -2.40. The number of benzene rings is 1. The summed E-state index contributed by atoms with van der Waals surface area (Å²) in [5.74, 6) is 0. The average Bonchev–Trinajstić information content (AvgIpc) is 2.75. The number of nitrogens with zero attached hydrogens (tertiary/aromatic N) is 3. The maximum atomic E-state index is 13.9. The van der Waals surface area contributed by atoms with E-state index in [-0.39, 0.29) is 17.0 Å². The lowest BCUT2D eigenvalue weighted by Crippen LogP contribution is -2.48. The fraction of sp³-hybridized carbons (Fsp3) is 0.619. The summed E-state index contributed by atoms with van der Waals surface area (Å²) < 4.78 is 29.7. The van der Waals surface area contributed by atoms with Gasteiger partial charge in [0.15, 0.2) is 11.4 Å². The van der Waals surface area contributed by atoms with Gasteiger partial charge in [-0.05, 0) is 44.1 Å². The third-order valence-electron chi connectivity index (χ3n) is 5.87. The predicted molar refractivity (Wildman–Crippen MR) is 119 cm³/mol. The second kappa shape index (κ2) is 10.5. The van der Waals surface area contributed by atoms with E-state index in [2.05, 4.69) is 10.3 Å². The van der Waals surface area contributed by atoms with E-state index in [4.69, 9.17) is 5.26 Å². The van der Waals surface area contributed by atoms with Crippen molar-refractivity contribution in [3.05, 3.63) is 24.3 Å². The number of hydrogen-bond donors (Lipinski definition) is 1. The molecule has 0 atom stereocenters. The highest BCUT2D eigenvalue weighted by Gasteiger charge is 2.39. The van der Waals surface area contributed by atoms with E-state index in [0.29, 0.717) is 10.9 Å². The van der Waals surface area contributed by atoms with Crippen molar-refractivity contribution in [1.29, 1.82) is 5.26 Å². The number of aliphatic imine (C=N–C) groups is 1. The molecule has 1 aromatic rings. The molecular weight excluding hydrogens is 404 g/mol. The third kappa shape index (κ3) is 5.33. The van der Waals surface area contributed by atoms with E-state index in [9.17, 15) is 8.42 Å². The van der Waals surface area contributed by atoms with Crippen LogP contribution in [0.2, 0.25) is 0 Å². The molecule has 0 unspecified atom stereocenters. The number of nitriles is 1. The van der Waals surface area contributed by atoms with Gasteiger partial charge in [-0.15, -0.1) is 0 Å². The van der Waals surface area contributed by atoms with Crippen LogP contribution >= 0.6 is 11.8 Å². The molecule has 0 spiro atoms. The summed E-state index contributed by atoms with van der Waals surface area (Å²) in [6.07, 6.45) is 14.1. The molecule has 0 saturated heterocycles. The van der Waals surface area contributed by atoms with Crippen molar-refractivity contribution in [1.82, 2.24) is 9.62 Å². The quantitative estimate of drug-likeness (QED) is 0.312. The molecule has 2 fully saturated rings. The molecule has 2 aliphatic rings. The third-order valence-corrected chi connectivity index (χ3v) is 8.50. The molecule has 0 bridgehead atoms. The van der Waals surface area contributed by atoms with Crippen LogP contribution in [0.4, 0.5) is 5.69 Å². The van der Waals surface area contributed by atoms with Gasteiger partial charge in [0.25, 0.3) is 0 Å². The predicted octanol–water partition coefficient (Wildman–Crippen LogP) is 4.76. The van der Waals surface area contributed by atoms with Gasteiger partial charge in [-0.3, -0.25) is 5.32 Å². The summed E-state index contributed by atoms with van der Waals surface area (Å²) in [5.41, 5.74) is 0.385. The molecule has 2 aliphatic carbocycles. The molecule has 29 heavy (non-hydrogen) atoms. The first kappa shape index (κ1) is 22.1. The van der Waals surface area contributed by atoms with E-state index >= 15 is 0 Å². The summed E-state index contributed by atoms with van der Waals surface area (Å²) in [7, 11) is -3.69. The Balaban J connectivity index is 2.03. The molecule has 0 amide bonds. The summed E-state index contributed by atoms with van der Waals surface area (Å²) >= 11 is 1.28. The molecule has 2 saturated carbocycles. The Morgan fingerprint density at radius 2 is 1.62 bits per heavy atom. The minimum atomic E-state index is -3.69. The Hall–Kier alpha value is -1.56. The van der Waals surface area contributed by atoms with Crippen LogP contribution in [0.25, 0.3) is 0 Å². The Bertz CT molecular complexity index is 834. The van der Waals surface area contributed by atoms with Crippen LogP contribution < -0.4 is 5.32 Å². The standard InChI is InChI=1S/C21H30N4O2S2/c1-28-21(23-16-22)24-19-14-8-9-15-20(19)29(26,27)25(17-10-4-2-5-11-17)18-12-6-3-7-13-18/h8-9,14-15,17-18H,2-7,10-13H2,1H3,(H,23,24). The Kier molecular flexibility index (Phi) is 7.99. The van der Waals surface area contributed by atoms with E-state index in [0.717, 1.165) is 51.4 Å². The maximum Gasteiger partial charge on any atom is 0.245 e. The van der Waals surface area contributed by atoms with E-state index in [1.165, 1.54) is 24.6 Å². The fourth-order valence-corrected chi connectivity index (χ4v) is 6.92. The van der Waals surface area contributed by atoms with Gasteiger partial charge >= 0.3 is 0 Å². The first-order valence-corrected chi connectivity index (χ1v) is 13.1. The smallest absolute Gasteiger partial charge is 0.245 e. The Morgan fingerprint density at radius 1 is 1.07 bits per heavy atom. The summed E-state index contributed by atoms with van der Waals surface area (Å²) in [4.78, 5) is 4.68. The molecule has 1 aromatic carbocycles. The van der Waals surface area contributed by atoms with Crippen molar-refractivity contribution in [3.8, 4) is 6.19 Å². The largest absolute Gasteiger partial charge is 0.271 e. The average molecular weight is 435 g/mol. The van der Waals surface area contributed by atoms with Crippen LogP contribution in [0.3, 0.4) is 0 Å². The molecule has 0 heterocycles. The number of nitrogens with one attached hydrogen (secondary N) is 1. The first-order chi connectivity index (χ1) is 14.1. The molecule has 0 radical (unpaired) electrons. The zero-order valence-corrected chi connectivity index (χ0v) is 18.6. The Morgan fingerprint density at radius 3 is 2.14 bits per heavy atom. The first-order valence-electron chi connectivity index (χ1n) is 10.5. The second-order valence-corrected chi connectivity index (χ2v) is 10.4. The summed E-state index contributed by atoms with van der Waals surface area (Å²) in [6.45, 7) is 0. The van der Waals surface area contributed by atoms with Gasteiger partial charge in [-0.2, -0.15) is 9.57 Å². The van der Waals surface area contributed by atoms with Crippen molar-refractivity contribution < 1.29 is 8.42 Å². The number of rotatable bonds is 5. The minimum Gasteiger partial charge on any atom is -0.271 e. The van der Waals surface area contributed by atoms with Gasteiger partial charge in [-0.25, -0.2) is 13.4 Å². The van der Waals surface area contributed by atoms with Crippen LogP contribution in [0, 0.1) is 11.5 Å². The van der Waals surface area contributed by atoms with Gasteiger partial charge in [0.1, 0.15) is 4.90 Å². The highest BCUT2D eigenvalue weighted by molar-refractivity contribution is 8.13. The van der Waals surface area contributed by atoms with Crippen molar-refractivity contribution in [3.63, 3.8) is 0 Å². The molecule has 0 aromatic heterocycles. The lowest BCUT2D eigenvalue weighted by atomic mass is 9.91. The lowest BCUT2D eigenvalue weighted by molar-refractivity contribution is 0.170. The van der Waals surface area contributed by atoms with Gasteiger partial charge in [0.05, 0.1) is 5.69 Å². The van der Waals surface area contributed by atoms with Gasteiger partial charge < -0.3 is 0 Å². The topological polar surface area (TPSA) is 85.6 Å². The van der Waals surface area contributed by atoms with Crippen molar-refractivity contribution >= 4 is 32.6 Å². The zero-order valence-electron chi connectivity index (χ0n) is 17.0. The van der Waals surface area contributed by atoms with Crippen LogP contribution in [0.1, 0.15) is 64.2 Å². The van der Waals surface area contributed by atoms with Gasteiger partial charge in [0.2, 0.25) is 10.0 Å². The molecular formula is C21H30N4O2S2. The molecule has 6 nitrogen and oxygen atoms in total.